The van der Waals surface area contributed by atoms with Crippen molar-refractivity contribution in [2.45, 2.75) is 34.6 Å². The average Bonchev–Trinajstić information content (AvgIpc) is 2.02. The predicted octanol–water partition coefficient (Wildman–Crippen LogP) is 4.14. The summed E-state index contributed by atoms with van der Waals surface area (Å²) < 4.78 is 0. The van der Waals surface area contributed by atoms with Gasteiger partial charge in [-0.25, -0.2) is 0 Å². The number of hydrogen-bond acceptors (Lipinski definition) is 1. The number of aliphatic imine (C=N–C) groups is 1. The summed E-state index contributed by atoms with van der Waals surface area (Å²) in [7, 11) is 0. The Bertz CT molecular complexity index is 272. The van der Waals surface area contributed by atoms with Gasteiger partial charge in [-0.05, 0) is 25.5 Å². The third-order valence-electron chi connectivity index (χ3n) is 1.86. The van der Waals surface area contributed by atoms with Gasteiger partial charge < -0.3 is 0 Å². The molecule has 14 heavy (non-hydrogen) atoms. The molecule has 0 aliphatic heterocycles. The molecular formula is C13H21N. The van der Waals surface area contributed by atoms with Crippen molar-refractivity contribution >= 4 is 6.21 Å². The molecule has 0 radical (unpaired) electrons. The van der Waals surface area contributed by atoms with E-state index in [0.29, 0.717) is 0 Å². The van der Waals surface area contributed by atoms with Crippen molar-refractivity contribution in [3.05, 3.63) is 36.1 Å². The van der Waals surface area contributed by atoms with Crippen molar-refractivity contribution in [1.29, 1.82) is 0 Å². The maximum Gasteiger partial charge on any atom is 0.0385 e. The maximum atomic E-state index is 4.29. The van der Waals surface area contributed by atoms with E-state index >= 15 is 0 Å². The number of nitrogens with zero attached hydrogens (tertiary/aromatic N) is 1. The van der Waals surface area contributed by atoms with Crippen LogP contribution >= 0.6 is 0 Å². The van der Waals surface area contributed by atoms with E-state index in [0.717, 1.165) is 5.70 Å². The van der Waals surface area contributed by atoms with E-state index in [9.17, 15) is 0 Å². The molecule has 0 aromatic heterocycles. The van der Waals surface area contributed by atoms with Crippen LogP contribution in [0.15, 0.2) is 41.1 Å². The van der Waals surface area contributed by atoms with Gasteiger partial charge in [0.15, 0.2) is 0 Å². The fourth-order valence-electron chi connectivity index (χ4n) is 0.757. The molecule has 0 rings (SSSR count). The molecular weight excluding hydrogens is 170 g/mol. The lowest BCUT2D eigenvalue weighted by atomic mass is 9.93. The summed E-state index contributed by atoms with van der Waals surface area (Å²) in [6, 6.07) is 0. The highest BCUT2D eigenvalue weighted by atomic mass is 14.7. The summed E-state index contributed by atoms with van der Waals surface area (Å²) in [4.78, 5) is 4.29. The summed E-state index contributed by atoms with van der Waals surface area (Å²) >= 11 is 0. The van der Waals surface area contributed by atoms with E-state index in [1.54, 1.807) is 0 Å². The summed E-state index contributed by atoms with van der Waals surface area (Å²) in [5.41, 5.74) is 2.15. The van der Waals surface area contributed by atoms with Gasteiger partial charge in [0, 0.05) is 17.3 Å². The predicted molar refractivity (Wildman–Crippen MR) is 65.7 cm³/mol. The first-order valence-electron chi connectivity index (χ1n) is 4.91. The minimum absolute atomic E-state index is 0.0544. The largest absolute Gasteiger partial charge is 0.261 e. The zero-order chi connectivity index (χ0) is 11.2. The standard InChI is InChI=1S/C13H21N/c1-7-8-11(2)9-10-14-12(3)13(4,5)6/h7-10H,3H2,1-2,4-6H3/b8-7+,11-9+,14-10-. The fourth-order valence-corrected chi connectivity index (χ4v) is 0.757. The first-order chi connectivity index (χ1) is 6.38. The average molecular weight is 191 g/mol. The van der Waals surface area contributed by atoms with E-state index < -0.39 is 0 Å². The number of hydrogen-bond donors (Lipinski definition) is 0. The Morgan fingerprint density at radius 2 is 1.86 bits per heavy atom. The lowest BCUT2D eigenvalue weighted by Gasteiger charge is -2.16. The third kappa shape index (κ3) is 5.52. The Morgan fingerprint density at radius 3 is 2.29 bits per heavy atom. The normalized spacial score (nSPS) is 14.2. The minimum atomic E-state index is 0.0544. The number of allylic oxidation sites excluding steroid dienone is 5. The van der Waals surface area contributed by atoms with Gasteiger partial charge in [0.1, 0.15) is 0 Å². The first kappa shape index (κ1) is 12.9. The highest BCUT2D eigenvalue weighted by Gasteiger charge is 2.12. The molecule has 0 heterocycles. The van der Waals surface area contributed by atoms with Crippen molar-refractivity contribution in [1.82, 2.24) is 0 Å². The monoisotopic (exact) mass is 191 g/mol. The highest BCUT2D eigenvalue weighted by molar-refractivity contribution is 5.73. The van der Waals surface area contributed by atoms with E-state index in [1.165, 1.54) is 5.57 Å². The molecule has 0 aromatic carbocycles. The Balaban J connectivity index is 4.34. The van der Waals surface area contributed by atoms with Crippen molar-refractivity contribution < 1.29 is 0 Å². The van der Waals surface area contributed by atoms with Crippen LogP contribution in [0.2, 0.25) is 0 Å². The zero-order valence-electron chi connectivity index (χ0n) is 9.96. The van der Waals surface area contributed by atoms with Crippen LogP contribution in [-0.4, -0.2) is 6.21 Å². The van der Waals surface area contributed by atoms with Gasteiger partial charge in [-0.15, -0.1) is 0 Å². The zero-order valence-corrected chi connectivity index (χ0v) is 9.96. The Labute approximate surface area is 87.9 Å². The van der Waals surface area contributed by atoms with Crippen molar-refractivity contribution in [2.75, 3.05) is 0 Å². The second kappa shape index (κ2) is 5.58. The minimum Gasteiger partial charge on any atom is -0.261 e. The van der Waals surface area contributed by atoms with E-state index in [1.807, 2.05) is 38.3 Å². The van der Waals surface area contributed by atoms with Crippen LogP contribution in [0.3, 0.4) is 0 Å². The molecule has 0 saturated heterocycles. The summed E-state index contributed by atoms with van der Waals surface area (Å²) in [5.74, 6) is 0. The molecule has 0 aliphatic carbocycles. The van der Waals surface area contributed by atoms with Gasteiger partial charge in [-0.1, -0.05) is 39.5 Å². The topological polar surface area (TPSA) is 12.4 Å². The van der Waals surface area contributed by atoms with Crippen LogP contribution in [0.4, 0.5) is 0 Å². The molecule has 0 atom stereocenters. The van der Waals surface area contributed by atoms with Crippen LogP contribution in [0.1, 0.15) is 34.6 Å². The van der Waals surface area contributed by atoms with E-state index in [4.69, 9.17) is 0 Å². The van der Waals surface area contributed by atoms with Gasteiger partial charge in [0.25, 0.3) is 0 Å². The Kier molecular flexibility index (Phi) is 5.14. The molecule has 0 aliphatic rings. The molecule has 0 spiro atoms. The summed E-state index contributed by atoms with van der Waals surface area (Å²) in [6.45, 7) is 14.3. The van der Waals surface area contributed by atoms with Crippen molar-refractivity contribution in [3.63, 3.8) is 0 Å². The SMILES string of the molecule is C=C(\N=C/C=C(C)/C=C/C)C(C)(C)C. The van der Waals surface area contributed by atoms with Gasteiger partial charge in [0.2, 0.25) is 0 Å². The van der Waals surface area contributed by atoms with E-state index in [2.05, 4.69) is 32.3 Å². The lowest BCUT2D eigenvalue weighted by molar-refractivity contribution is 0.501. The molecule has 0 saturated carbocycles. The van der Waals surface area contributed by atoms with Crippen molar-refractivity contribution in [2.24, 2.45) is 10.4 Å². The van der Waals surface area contributed by atoms with E-state index in [-0.39, 0.29) is 5.41 Å². The molecule has 0 fully saturated rings. The van der Waals surface area contributed by atoms with Crippen LogP contribution in [-0.2, 0) is 0 Å². The molecule has 0 aromatic rings. The van der Waals surface area contributed by atoms with Crippen LogP contribution in [0, 0.1) is 5.41 Å². The molecule has 0 N–H and O–H groups in total. The van der Waals surface area contributed by atoms with Gasteiger partial charge >= 0.3 is 0 Å². The highest BCUT2D eigenvalue weighted by Crippen LogP contribution is 2.23. The van der Waals surface area contributed by atoms with Crippen LogP contribution in [0.5, 0.6) is 0 Å². The second-order valence-electron chi connectivity index (χ2n) is 4.39. The molecule has 0 unspecified atom stereocenters. The molecule has 0 bridgehead atoms. The summed E-state index contributed by atoms with van der Waals surface area (Å²) in [6.07, 6.45) is 7.85. The second-order valence-corrected chi connectivity index (χ2v) is 4.39. The Morgan fingerprint density at radius 1 is 1.29 bits per heavy atom. The third-order valence-corrected chi connectivity index (χ3v) is 1.86. The van der Waals surface area contributed by atoms with Crippen molar-refractivity contribution in [3.8, 4) is 0 Å². The maximum absolute atomic E-state index is 4.29. The molecule has 0 amide bonds. The smallest absolute Gasteiger partial charge is 0.0385 e. The molecule has 1 nitrogen and oxygen atoms in total. The molecule has 78 valence electrons. The Hall–Kier alpha value is -1.11. The van der Waals surface area contributed by atoms with Crippen LogP contribution in [0.25, 0.3) is 0 Å². The number of rotatable bonds is 3. The van der Waals surface area contributed by atoms with Gasteiger partial charge in [-0.3, -0.25) is 4.99 Å². The van der Waals surface area contributed by atoms with Gasteiger partial charge in [0.05, 0.1) is 0 Å². The quantitative estimate of drug-likeness (QED) is 0.469. The lowest BCUT2D eigenvalue weighted by Crippen LogP contribution is -2.06. The summed E-state index contributed by atoms with van der Waals surface area (Å²) in [5, 5.41) is 0. The molecule has 1 heteroatoms. The fraction of sp³-hybridized carbons (Fsp3) is 0.462. The van der Waals surface area contributed by atoms with Gasteiger partial charge in [-0.2, -0.15) is 0 Å². The first-order valence-corrected chi connectivity index (χ1v) is 4.91. The van der Waals surface area contributed by atoms with Crippen LogP contribution < -0.4 is 0 Å².